The Labute approximate surface area is 76.1 Å². The van der Waals surface area contributed by atoms with Gasteiger partial charge in [-0.05, 0) is 12.8 Å². The zero-order valence-electron chi connectivity index (χ0n) is 7.06. The average Bonchev–Trinajstić information content (AvgIpc) is 1.88. The van der Waals surface area contributed by atoms with Crippen LogP contribution in [0.4, 0.5) is 0 Å². The van der Waals surface area contributed by atoms with E-state index in [2.05, 4.69) is 15.9 Å². The van der Waals surface area contributed by atoms with Gasteiger partial charge in [0.25, 0.3) is 0 Å². The molecule has 0 radical (unpaired) electrons. The topological polar surface area (TPSA) is 37.3 Å². The first-order chi connectivity index (χ1) is 5.06. The van der Waals surface area contributed by atoms with Gasteiger partial charge in [0.1, 0.15) is 4.32 Å². The molecule has 3 heteroatoms. The summed E-state index contributed by atoms with van der Waals surface area (Å²) in [6, 6.07) is 0. The minimum absolute atomic E-state index is 0.670. The number of carboxylic acids is 1. The summed E-state index contributed by atoms with van der Waals surface area (Å²) < 4.78 is -0.670. The fraction of sp³-hybridized carbons (Fsp3) is 0.875. The summed E-state index contributed by atoms with van der Waals surface area (Å²) in [7, 11) is 0. The third kappa shape index (κ3) is 3.23. The SMILES string of the molecule is CCCC(Br)(CCC)C(=O)O. The molecule has 0 aliphatic rings. The van der Waals surface area contributed by atoms with Gasteiger partial charge in [-0.2, -0.15) is 0 Å². The molecule has 0 rings (SSSR count). The van der Waals surface area contributed by atoms with Crippen molar-refractivity contribution < 1.29 is 9.90 Å². The molecular weight excluding hydrogens is 208 g/mol. The van der Waals surface area contributed by atoms with Crippen molar-refractivity contribution in [3.63, 3.8) is 0 Å². The van der Waals surface area contributed by atoms with Crippen molar-refractivity contribution in [1.82, 2.24) is 0 Å². The van der Waals surface area contributed by atoms with E-state index in [9.17, 15) is 4.79 Å². The second-order valence-corrected chi connectivity index (χ2v) is 4.29. The first-order valence-electron chi connectivity index (χ1n) is 3.99. The highest BCUT2D eigenvalue weighted by Gasteiger charge is 2.32. The molecule has 0 aliphatic carbocycles. The van der Waals surface area contributed by atoms with Crippen LogP contribution >= 0.6 is 15.9 Å². The second-order valence-electron chi connectivity index (χ2n) is 2.77. The van der Waals surface area contributed by atoms with Crippen molar-refractivity contribution in [2.45, 2.75) is 43.9 Å². The number of alkyl halides is 1. The van der Waals surface area contributed by atoms with Crippen LogP contribution in [0, 0.1) is 0 Å². The van der Waals surface area contributed by atoms with Gasteiger partial charge in [0, 0.05) is 0 Å². The number of rotatable bonds is 5. The summed E-state index contributed by atoms with van der Waals surface area (Å²) in [5.74, 6) is -0.735. The Morgan fingerprint density at radius 3 is 1.91 bits per heavy atom. The van der Waals surface area contributed by atoms with E-state index in [-0.39, 0.29) is 0 Å². The van der Waals surface area contributed by atoms with Crippen LogP contribution in [-0.2, 0) is 4.79 Å². The van der Waals surface area contributed by atoms with Crippen LogP contribution in [0.25, 0.3) is 0 Å². The average molecular weight is 223 g/mol. The summed E-state index contributed by atoms with van der Waals surface area (Å²) in [6.45, 7) is 3.99. The summed E-state index contributed by atoms with van der Waals surface area (Å²) in [5.41, 5.74) is 0. The summed E-state index contributed by atoms with van der Waals surface area (Å²) in [4.78, 5) is 10.8. The van der Waals surface area contributed by atoms with E-state index in [4.69, 9.17) is 5.11 Å². The lowest BCUT2D eigenvalue weighted by molar-refractivity contribution is -0.140. The van der Waals surface area contributed by atoms with E-state index in [1.165, 1.54) is 0 Å². The number of hydrogen-bond acceptors (Lipinski definition) is 1. The number of carboxylic acid groups (broad SMARTS) is 1. The third-order valence-corrected chi connectivity index (χ3v) is 2.81. The predicted molar refractivity (Wildman–Crippen MR) is 49.1 cm³/mol. The van der Waals surface area contributed by atoms with Crippen molar-refractivity contribution in [2.75, 3.05) is 0 Å². The molecule has 0 spiro atoms. The van der Waals surface area contributed by atoms with Gasteiger partial charge in [0.05, 0.1) is 0 Å². The normalized spacial score (nSPS) is 11.5. The zero-order chi connectivity index (χ0) is 8.91. The highest BCUT2D eigenvalue weighted by Crippen LogP contribution is 2.29. The lowest BCUT2D eigenvalue weighted by atomic mass is 9.98. The minimum Gasteiger partial charge on any atom is -0.480 e. The molecule has 0 aliphatic heterocycles. The van der Waals surface area contributed by atoms with Gasteiger partial charge in [-0.3, -0.25) is 4.79 Å². The summed E-state index contributed by atoms with van der Waals surface area (Å²) in [6.07, 6.45) is 3.21. The molecule has 2 nitrogen and oxygen atoms in total. The van der Waals surface area contributed by atoms with Crippen molar-refractivity contribution in [3.05, 3.63) is 0 Å². The molecule has 0 aromatic carbocycles. The maximum Gasteiger partial charge on any atom is 0.320 e. The molecule has 0 saturated carbocycles. The molecule has 0 aromatic rings. The first kappa shape index (κ1) is 11.0. The van der Waals surface area contributed by atoms with E-state index in [0.29, 0.717) is 12.8 Å². The number of hydrogen-bond donors (Lipinski definition) is 1. The van der Waals surface area contributed by atoms with Crippen LogP contribution < -0.4 is 0 Å². The fourth-order valence-electron chi connectivity index (χ4n) is 1.13. The standard InChI is InChI=1S/C8H15BrO2/c1-3-5-8(9,6-4-2)7(10)11/h3-6H2,1-2H3,(H,10,11). The zero-order valence-corrected chi connectivity index (χ0v) is 8.65. The molecule has 0 bridgehead atoms. The Balaban J connectivity index is 4.13. The molecule has 66 valence electrons. The molecule has 0 heterocycles. The fourth-order valence-corrected chi connectivity index (χ4v) is 1.92. The van der Waals surface area contributed by atoms with Crippen LogP contribution in [0.3, 0.4) is 0 Å². The summed E-state index contributed by atoms with van der Waals surface area (Å²) in [5, 5.41) is 8.85. The molecule has 0 unspecified atom stereocenters. The van der Waals surface area contributed by atoms with Crippen molar-refractivity contribution >= 4 is 21.9 Å². The molecule has 0 amide bonds. The van der Waals surface area contributed by atoms with Crippen molar-refractivity contribution in [1.29, 1.82) is 0 Å². The van der Waals surface area contributed by atoms with E-state index in [1.54, 1.807) is 0 Å². The number of halogens is 1. The van der Waals surface area contributed by atoms with E-state index >= 15 is 0 Å². The molecule has 0 saturated heterocycles. The molecule has 11 heavy (non-hydrogen) atoms. The Hall–Kier alpha value is -0.0500. The van der Waals surface area contributed by atoms with E-state index < -0.39 is 10.3 Å². The Bertz CT molecular complexity index is 128. The number of aliphatic carboxylic acids is 1. The van der Waals surface area contributed by atoms with Crippen LogP contribution in [0.1, 0.15) is 39.5 Å². The molecule has 0 aromatic heterocycles. The monoisotopic (exact) mass is 222 g/mol. The van der Waals surface area contributed by atoms with Gasteiger partial charge in [-0.25, -0.2) is 0 Å². The van der Waals surface area contributed by atoms with E-state index in [0.717, 1.165) is 12.8 Å². The van der Waals surface area contributed by atoms with Gasteiger partial charge in [0.15, 0.2) is 0 Å². The maximum atomic E-state index is 10.8. The Morgan fingerprint density at radius 1 is 1.36 bits per heavy atom. The maximum absolute atomic E-state index is 10.8. The third-order valence-electron chi connectivity index (χ3n) is 1.68. The van der Waals surface area contributed by atoms with Gasteiger partial charge in [0.2, 0.25) is 0 Å². The number of carbonyl (C=O) groups is 1. The van der Waals surface area contributed by atoms with Gasteiger partial charge in [-0.15, -0.1) is 0 Å². The Kier molecular flexibility index (Phi) is 4.73. The molecule has 0 atom stereocenters. The highest BCUT2D eigenvalue weighted by atomic mass is 79.9. The quantitative estimate of drug-likeness (QED) is 0.727. The van der Waals surface area contributed by atoms with Gasteiger partial charge < -0.3 is 5.11 Å². The van der Waals surface area contributed by atoms with Crippen LogP contribution in [0.15, 0.2) is 0 Å². The molecular formula is C8H15BrO2. The van der Waals surface area contributed by atoms with Crippen LogP contribution in [0.2, 0.25) is 0 Å². The van der Waals surface area contributed by atoms with Crippen molar-refractivity contribution in [2.24, 2.45) is 0 Å². The summed E-state index contributed by atoms with van der Waals surface area (Å²) >= 11 is 3.27. The second kappa shape index (κ2) is 4.75. The largest absolute Gasteiger partial charge is 0.480 e. The lowest BCUT2D eigenvalue weighted by Crippen LogP contribution is -2.31. The first-order valence-corrected chi connectivity index (χ1v) is 4.78. The lowest BCUT2D eigenvalue weighted by Gasteiger charge is -2.20. The van der Waals surface area contributed by atoms with Crippen molar-refractivity contribution in [3.8, 4) is 0 Å². The highest BCUT2D eigenvalue weighted by molar-refractivity contribution is 9.10. The molecule has 1 N–H and O–H groups in total. The predicted octanol–water partition coefficient (Wildman–Crippen LogP) is 2.80. The van der Waals surface area contributed by atoms with Gasteiger partial charge >= 0.3 is 5.97 Å². The minimum atomic E-state index is -0.735. The molecule has 0 fully saturated rings. The Morgan fingerprint density at radius 2 is 1.73 bits per heavy atom. The van der Waals surface area contributed by atoms with E-state index in [1.807, 2.05) is 13.8 Å². The van der Waals surface area contributed by atoms with Gasteiger partial charge in [-0.1, -0.05) is 42.6 Å². The van der Waals surface area contributed by atoms with Crippen LogP contribution in [0.5, 0.6) is 0 Å². The smallest absolute Gasteiger partial charge is 0.320 e. The van der Waals surface area contributed by atoms with Crippen LogP contribution in [-0.4, -0.2) is 15.4 Å².